The third kappa shape index (κ3) is 6.17. The fourth-order valence-electron chi connectivity index (χ4n) is 3.62. The number of nitrogens with one attached hydrogen (secondary N) is 1. The van der Waals surface area contributed by atoms with Crippen molar-refractivity contribution in [1.29, 1.82) is 0 Å². The molecule has 200 valence electrons. The van der Waals surface area contributed by atoms with Crippen LogP contribution in [-0.2, 0) is 10.0 Å². The Balaban J connectivity index is 1.74. The van der Waals surface area contributed by atoms with E-state index in [0.717, 1.165) is 0 Å². The van der Waals surface area contributed by atoms with Gasteiger partial charge in [0.15, 0.2) is 0 Å². The van der Waals surface area contributed by atoms with Crippen LogP contribution in [-0.4, -0.2) is 34.5 Å². The van der Waals surface area contributed by atoms with Crippen molar-refractivity contribution >= 4 is 56.4 Å². The molecule has 0 atom stereocenters. The number of carbonyl (C=O) groups excluding carboxylic acids is 2. The lowest BCUT2D eigenvalue weighted by atomic mass is 10.2. The maximum atomic E-state index is 13.9. The quantitative estimate of drug-likeness (QED) is 0.261. The molecule has 1 N–H and O–H groups in total. The first-order valence-corrected chi connectivity index (χ1v) is 13.6. The second kappa shape index (κ2) is 11.8. The summed E-state index contributed by atoms with van der Waals surface area (Å²) < 4.78 is 38.8. The van der Waals surface area contributed by atoms with Gasteiger partial charge in [0.2, 0.25) is 0 Å². The predicted octanol–water partition coefficient (Wildman–Crippen LogP) is 6.30. The van der Waals surface area contributed by atoms with Gasteiger partial charge in [-0.2, -0.15) is 4.31 Å². The van der Waals surface area contributed by atoms with Crippen molar-refractivity contribution in [2.24, 2.45) is 0 Å². The van der Waals surface area contributed by atoms with Crippen LogP contribution in [0.5, 0.6) is 11.5 Å². The van der Waals surface area contributed by atoms with Crippen LogP contribution < -0.4 is 19.1 Å². The van der Waals surface area contributed by atoms with Crippen molar-refractivity contribution in [1.82, 2.24) is 0 Å². The lowest BCUT2D eigenvalue weighted by Crippen LogP contribution is -2.37. The van der Waals surface area contributed by atoms with E-state index in [9.17, 15) is 18.0 Å². The highest BCUT2D eigenvalue weighted by Gasteiger charge is 2.33. The molecule has 4 aromatic carbocycles. The van der Waals surface area contributed by atoms with Crippen LogP contribution in [0.15, 0.2) is 95.9 Å². The molecule has 8 nitrogen and oxygen atoms in total. The molecular formula is C28H22Cl2N2O6S. The summed E-state index contributed by atoms with van der Waals surface area (Å²) in [5.41, 5.74) is 0.472. The molecule has 0 saturated carbocycles. The van der Waals surface area contributed by atoms with Crippen molar-refractivity contribution in [3.8, 4) is 11.5 Å². The number of halogens is 2. The van der Waals surface area contributed by atoms with E-state index in [1.54, 1.807) is 42.5 Å². The van der Waals surface area contributed by atoms with Gasteiger partial charge in [0.25, 0.3) is 21.8 Å². The highest BCUT2D eigenvalue weighted by Crippen LogP contribution is 2.32. The highest BCUT2D eigenvalue weighted by atomic mass is 35.5. The molecule has 0 aliphatic rings. The Morgan fingerprint density at radius 2 is 1.36 bits per heavy atom. The molecular weight excluding hydrogens is 563 g/mol. The van der Waals surface area contributed by atoms with E-state index in [2.05, 4.69) is 5.32 Å². The molecule has 0 heterocycles. The SMILES string of the molecule is COc1ccc(C(=O)Nc2cc(S(=O)(=O)N(C(=O)c3ccc(OC)cc3)c3cccc(Cl)c3)ccc2Cl)cc1. The number of benzene rings is 4. The van der Waals surface area contributed by atoms with Gasteiger partial charge in [-0.15, -0.1) is 0 Å². The van der Waals surface area contributed by atoms with E-state index in [1.165, 1.54) is 62.8 Å². The Labute approximate surface area is 235 Å². The number of nitrogens with zero attached hydrogens (tertiary/aromatic N) is 1. The Morgan fingerprint density at radius 1 is 0.769 bits per heavy atom. The first-order valence-electron chi connectivity index (χ1n) is 11.4. The van der Waals surface area contributed by atoms with E-state index in [-0.39, 0.29) is 31.9 Å². The third-order valence-electron chi connectivity index (χ3n) is 5.64. The summed E-state index contributed by atoms with van der Waals surface area (Å²) in [6.07, 6.45) is 0. The van der Waals surface area contributed by atoms with Crippen LogP contribution in [0.25, 0.3) is 0 Å². The molecule has 0 saturated heterocycles. The zero-order chi connectivity index (χ0) is 28.2. The Kier molecular flexibility index (Phi) is 8.44. The van der Waals surface area contributed by atoms with Gasteiger partial charge in [0, 0.05) is 16.1 Å². The molecule has 2 amide bonds. The first-order chi connectivity index (χ1) is 18.6. The molecule has 11 heteroatoms. The average molecular weight is 585 g/mol. The molecule has 4 aromatic rings. The number of ether oxygens (including phenoxy) is 2. The van der Waals surface area contributed by atoms with Gasteiger partial charge in [-0.3, -0.25) is 9.59 Å². The average Bonchev–Trinajstić information content (AvgIpc) is 2.94. The Hall–Kier alpha value is -4.05. The number of anilines is 2. The lowest BCUT2D eigenvalue weighted by Gasteiger charge is -2.23. The van der Waals surface area contributed by atoms with Crippen LogP contribution in [0.4, 0.5) is 11.4 Å². The van der Waals surface area contributed by atoms with Crippen molar-refractivity contribution in [3.05, 3.63) is 112 Å². The van der Waals surface area contributed by atoms with E-state index in [0.29, 0.717) is 21.4 Å². The van der Waals surface area contributed by atoms with Gasteiger partial charge in [-0.25, -0.2) is 8.42 Å². The summed E-state index contributed by atoms with van der Waals surface area (Å²) in [6.45, 7) is 0. The van der Waals surface area contributed by atoms with Gasteiger partial charge in [0.1, 0.15) is 11.5 Å². The van der Waals surface area contributed by atoms with E-state index < -0.39 is 21.8 Å². The second-order valence-electron chi connectivity index (χ2n) is 8.11. The van der Waals surface area contributed by atoms with Gasteiger partial charge < -0.3 is 14.8 Å². The number of sulfonamides is 1. The second-order valence-corrected chi connectivity index (χ2v) is 10.7. The monoisotopic (exact) mass is 584 g/mol. The van der Waals surface area contributed by atoms with Crippen molar-refractivity contribution in [2.45, 2.75) is 4.90 Å². The minimum Gasteiger partial charge on any atom is -0.497 e. The van der Waals surface area contributed by atoms with Gasteiger partial charge in [-0.1, -0.05) is 29.3 Å². The van der Waals surface area contributed by atoms with E-state index >= 15 is 0 Å². The molecule has 0 aliphatic heterocycles. The van der Waals surface area contributed by atoms with Crippen LogP contribution in [0.1, 0.15) is 20.7 Å². The fourth-order valence-corrected chi connectivity index (χ4v) is 5.40. The molecule has 0 radical (unpaired) electrons. The molecule has 0 unspecified atom stereocenters. The maximum absolute atomic E-state index is 13.9. The van der Waals surface area contributed by atoms with Crippen molar-refractivity contribution in [2.75, 3.05) is 23.8 Å². The predicted molar refractivity (Wildman–Crippen MR) is 151 cm³/mol. The summed E-state index contributed by atoms with van der Waals surface area (Å²) in [5.74, 6) is -0.271. The van der Waals surface area contributed by atoms with E-state index in [1.807, 2.05) is 0 Å². The van der Waals surface area contributed by atoms with Crippen LogP contribution in [0.3, 0.4) is 0 Å². The summed E-state index contributed by atoms with van der Waals surface area (Å²) in [5, 5.41) is 2.96. The molecule has 0 aromatic heterocycles. The number of rotatable bonds is 8. The van der Waals surface area contributed by atoms with Gasteiger partial charge in [0.05, 0.1) is 35.5 Å². The Morgan fingerprint density at radius 3 is 1.92 bits per heavy atom. The minimum absolute atomic E-state index is 0.0297. The largest absolute Gasteiger partial charge is 0.497 e. The molecule has 4 rings (SSSR count). The molecule has 0 fully saturated rings. The van der Waals surface area contributed by atoms with Crippen LogP contribution in [0.2, 0.25) is 10.0 Å². The zero-order valence-electron chi connectivity index (χ0n) is 20.7. The first kappa shape index (κ1) is 28.0. The smallest absolute Gasteiger partial charge is 0.272 e. The third-order valence-corrected chi connectivity index (χ3v) is 7.91. The summed E-state index contributed by atoms with van der Waals surface area (Å²) in [6, 6.07) is 22.0. The molecule has 39 heavy (non-hydrogen) atoms. The van der Waals surface area contributed by atoms with Gasteiger partial charge >= 0.3 is 0 Å². The number of hydrogen-bond acceptors (Lipinski definition) is 6. The maximum Gasteiger partial charge on any atom is 0.272 e. The number of carbonyl (C=O) groups is 2. The standard InChI is InChI=1S/C28H22Cl2N2O6S/c1-37-22-10-6-18(7-11-22)27(33)31-26-17-24(14-15-25(26)30)39(35,36)32(21-5-3-4-20(29)16-21)28(34)19-8-12-23(38-2)13-9-19/h3-17H,1-2H3,(H,31,33). The lowest BCUT2D eigenvalue weighted by molar-refractivity contribution is 0.100. The number of hydrogen-bond donors (Lipinski definition) is 1. The molecule has 0 spiro atoms. The topological polar surface area (TPSA) is 102 Å². The van der Waals surface area contributed by atoms with Crippen LogP contribution >= 0.6 is 23.2 Å². The minimum atomic E-state index is -4.52. The van der Waals surface area contributed by atoms with Crippen molar-refractivity contribution in [3.63, 3.8) is 0 Å². The number of amides is 2. The summed E-state index contributed by atoms with van der Waals surface area (Å²) in [4.78, 5) is 26.1. The molecule has 0 bridgehead atoms. The normalized spacial score (nSPS) is 11.0. The zero-order valence-corrected chi connectivity index (χ0v) is 23.0. The Bertz CT molecular complexity index is 1630. The summed E-state index contributed by atoms with van der Waals surface area (Å²) >= 11 is 12.4. The molecule has 0 aliphatic carbocycles. The number of methoxy groups -OCH3 is 2. The van der Waals surface area contributed by atoms with E-state index in [4.69, 9.17) is 32.7 Å². The van der Waals surface area contributed by atoms with Crippen LogP contribution in [0, 0.1) is 0 Å². The van der Waals surface area contributed by atoms with Crippen molar-refractivity contribution < 1.29 is 27.5 Å². The van der Waals surface area contributed by atoms with Gasteiger partial charge in [-0.05, 0) is 84.9 Å². The fraction of sp³-hybridized carbons (Fsp3) is 0.0714. The highest BCUT2D eigenvalue weighted by molar-refractivity contribution is 7.93. The summed E-state index contributed by atoms with van der Waals surface area (Å²) in [7, 11) is -1.53.